The molecule has 1 unspecified atom stereocenters. The quantitative estimate of drug-likeness (QED) is 0.834. The van der Waals surface area contributed by atoms with E-state index in [4.69, 9.17) is 21.1 Å². The van der Waals surface area contributed by atoms with Gasteiger partial charge in [-0.1, -0.05) is 11.6 Å². The molecule has 0 radical (unpaired) electrons. The van der Waals surface area contributed by atoms with Gasteiger partial charge in [-0.2, -0.15) is 5.10 Å². The van der Waals surface area contributed by atoms with Crippen molar-refractivity contribution in [3.05, 3.63) is 40.7 Å². The van der Waals surface area contributed by atoms with Crippen LogP contribution in [0.5, 0.6) is 5.75 Å². The van der Waals surface area contributed by atoms with E-state index >= 15 is 0 Å². The number of amides is 1. The third kappa shape index (κ3) is 3.94. The van der Waals surface area contributed by atoms with Crippen LogP contribution in [0.2, 0.25) is 5.02 Å². The van der Waals surface area contributed by atoms with E-state index in [9.17, 15) is 4.79 Å². The van der Waals surface area contributed by atoms with Gasteiger partial charge in [0.2, 0.25) is 0 Å². The third-order valence-electron chi connectivity index (χ3n) is 4.44. The van der Waals surface area contributed by atoms with Gasteiger partial charge in [-0.15, -0.1) is 0 Å². The van der Waals surface area contributed by atoms with E-state index in [1.165, 1.54) is 0 Å². The molecule has 1 aromatic heterocycles. The lowest BCUT2D eigenvalue weighted by molar-refractivity contribution is 0.0935. The molecule has 1 aliphatic rings. The fourth-order valence-corrected chi connectivity index (χ4v) is 3.40. The van der Waals surface area contributed by atoms with Crippen LogP contribution in [0.4, 0.5) is 5.69 Å². The third-order valence-corrected chi connectivity index (χ3v) is 4.67. The molecule has 2 aromatic rings. The molecule has 140 valence electrons. The minimum Gasteiger partial charge on any atom is -0.495 e. The van der Waals surface area contributed by atoms with E-state index < -0.39 is 0 Å². The molecule has 0 spiro atoms. The average molecular weight is 379 g/mol. The molecule has 7 nitrogen and oxygen atoms in total. The highest BCUT2D eigenvalue weighted by molar-refractivity contribution is 6.30. The first kappa shape index (κ1) is 18.5. The SMILES string of the molecule is COCc1nn(C)cc1C(=O)NC1CCN(c2cc(Cl)ccc2OC)C1. The van der Waals surface area contributed by atoms with Crippen LogP contribution in [0.25, 0.3) is 0 Å². The largest absolute Gasteiger partial charge is 0.495 e. The maximum atomic E-state index is 12.6. The molecule has 0 saturated carbocycles. The monoisotopic (exact) mass is 378 g/mol. The Labute approximate surface area is 157 Å². The summed E-state index contributed by atoms with van der Waals surface area (Å²) in [5.41, 5.74) is 2.13. The molecular formula is C18H23ClN4O3. The zero-order valence-corrected chi connectivity index (χ0v) is 15.9. The maximum absolute atomic E-state index is 12.6. The number of aromatic nitrogens is 2. The summed E-state index contributed by atoms with van der Waals surface area (Å²) in [7, 11) is 5.02. The van der Waals surface area contributed by atoms with E-state index in [1.807, 2.05) is 12.1 Å². The second-order valence-electron chi connectivity index (χ2n) is 6.32. The van der Waals surface area contributed by atoms with Gasteiger partial charge in [0.05, 0.1) is 25.0 Å². The second-order valence-corrected chi connectivity index (χ2v) is 6.75. The summed E-state index contributed by atoms with van der Waals surface area (Å²) in [6, 6.07) is 5.60. The van der Waals surface area contributed by atoms with Gasteiger partial charge in [0.25, 0.3) is 5.91 Å². The number of carbonyl (C=O) groups excluding carboxylic acids is 1. The highest BCUT2D eigenvalue weighted by Gasteiger charge is 2.27. The number of aryl methyl sites for hydroxylation is 1. The minimum atomic E-state index is -0.130. The molecule has 2 heterocycles. The number of methoxy groups -OCH3 is 2. The highest BCUT2D eigenvalue weighted by Crippen LogP contribution is 2.33. The number of hydrogen-bond donors (Lipinski definition) is 1. The van der Waals surface area contributed by atoms with Crippen LogP contribution in [-0.2, 0) is 18.4 Å². The Hall–Kier alpha value is -2.25. The summed E-state index contributed by atoms with van der Waals surface area (Å²) in [4.78, 5) is 14.8. The Morgan fingerprint density at radius 3 is 2.96 bits per heavy atom. The molecule has 1 atom stereocenters. The molecule has 1 N–H and O–H groups in total. The molecule has 1 amide bonds. The first-order chi connectivity index (χ1) is 12.5. The van der Waals surface area contributed by atoms with Gasteiger partial charge < -0.3 is 19.7 Å². The Morgan fingerprint density at radius 1 is 1.42 bits per heavy atom. The number of nitrogens with zero attached hydrogens (tertiary/aromatic N) is 3. The fraction of sp³-hybridized carbons (Fsp3) is 0.444. The Bertz CT molecular complexity index is 793. The number of ether oxygens (including phenoxy) is 2. The molecule has 8 heteroatoms. The van der Waals surface area contributed by atoms with Gasteiger partial charge in [0.15, 0.2) is 0 Å². The van der Waals surface area contributed by atoms with Crippen molar-refractivity contribution in [3.63, 3.8) is 0 Å². The van der Waals surface area contributed by atoms with Crippen LogP contribution >= 0.6 is 11.6 Å². The number of carbonyl (C=O) groups is 1. The molecule has 0 aliphatic carbocycles. The van der Waals surface area contributed by atoms with Gasteiger partial charge in [-0.3, -0.25) is 9.48 Å². The van der Waals surface area contributed by atoms with E-state index in [1.54, 1.807) is 38.2 Å². The lowest BCUT2D eigenvalue weighted by Gasteiger charge is -2.21. The summed E-state index contributed by atoms with van der Waals surface area (Å²) >= 11 is 6.13. The van der Waals surface area contributed by atoms with E-state index in [0.29, 0.717) is 29.4 Å². The summed E-state index contributed by atoms with van der Waals surface area (Å²) in [5, 5.41) is 8.04. The number of nitrogens with one attached hydrogen (secondary N) is 1. The number of benzene rings is 1. The van der Waals surface area contributed by atoms with E-state index in [0.717, 1.165) is 24.4 Å². The first-order valence-electron chi connectivity index (χ1n) is 8.42. The van der Waals surface area contributed by atoms with E-state index in [2.05, 4.69) is 15.3 Å². The van der Waals surface area contributed by atoms with Crippen molar-refractivity contribution in [2.75, 3.05) is 32.2 Å². The van der Waals surface area contributed by atoms with Crippen LogP contribution in [-0.4, -0.2) is 49.0 Å². The molecule has 1 fully saturated rings. The second kappa shape index (κ2) is 7.97. The average Bonchev–Trinajstić information content (AvgIpc) is 3.22. The number of halogens is 1. The van der Waals surface area contributed by atoms with Gasteiger partial charge >= 0.3 is 0 Å². The maximum Gasteiger partial charge on any atom is 0.255 e. The summed E-state index contributed by atoms with van der Waals surface area (Å²) in [6.07, 6.45) is 2.57. The van der Waals surface area contributed by atoms with Crippen molar-refractivity contribution in [1.29, 1.82) is 0 Å². The van der Waals surface area contributed by atoms with Crippen LogP contribution in [0.15, 0.2) is 24.4 Å². The Balaban J connectivity index is 1.68. The van der Waals surface area contributed by atoms with Crippen LogP contribution in [0.3, 0.4) is 0 Å². The zero-order chi connectivity index (χ0) is 18.7. The summed E-state index contributed by atoms with van der Waals surface area (Å²) in [5.74, 6) is 0.645. The smallest absolute Gasteiger partial charge is 0.255 e. The van der Waals surface area contributed by atoms with Crippen LogP contribution < -0.4 is 15.0 Å². The molecule has 1 aromatic carbocycles. The summed E-state index contributed by atoms with van der Waals surface area (Å²) in [6.45, 7) is 1.82. The molecule has 1 aliphatic heterocycles. The van der Waals surface area contributed by atoms with Gasteiger partial charge in [-0.25, -0.2) is 0 Å². The van der Waals surface area contributed by atoms with Crippen molar-refractivity contribution in [2.24, 2.45) is 7.05 Å². The number of hydrogen-bond acceptors (Lipinski definition) is 5. The van der Waals surface area contributed by atoms with Crippen LogP contribution in [0.1, 0.15) is 22.5 Å². The van der Waals surface area contributed by atoms with Crippen molar-refractivity contribution in [2.45, 2.75) is 19.1 Å². The number of anilines is 1. The molecule has 1 saturated heterocycles. The number of rotatable bonds is 6. The lowest BCUT2D eigenvalue weighted by atomic mass is 10.2. The molecule has 0 bridgehead atoms. The molecule has 3 rings (SSSR count). The van der Waals surface area contributed by atoms with Gasteiger partial charge in [-0.05, 0) is 24.6 Å². The topological polar surface area (TPSA) is 68.6 Å². The zero-order valence-electron chi connectivity index (χ0n) is 15.2. The molecular weight excluding hydrogens is 356 g/mol. The first-order valence-corrected chi connectivity index (χ1v) is 8.80. The standard InChI is InChI=1S/C18H23ClN4O3/c1-22-10-14(15(21-22)11-25-2)18(24)20-13-6-7-23(9-13)16-8-12(19)4-5-17(16)26-3/h4-5,8,10,13H,6-7,9,11H2,1-3H3,(H,20,24). The van der Waals surface area contributed by atoms with Crippen LogP contribution in [0, 0.1) is 0 Å². The van der Waals surface area contributed by atoms with Crippen molar-refractivity contribution >= 4 is 23.2 Å². The van der Waals surface area contributed by atoms with Gasteiger partial charge in [0.1, 0.15) is 11.4 Å². The normalized spacial score (nSPS) is 16.8. The predicted octanol–water partition coefficient (Wildman–Crippen LogP) is 2.24. The van der Waals surface area contributed by atoms with Crippen molar-refractivity contribution < 1.29 is 14.3 Å². The molecule has 26 heavy (non-hydrogen) atoms. The minimum absolute atomic E-state index is 0.0433. The van der Waals surface area contributed by atoms with Crippen molar-refractivity contribution in [3.8, 4) is 5.75 Å². The van der Waals surface area contributed by atoms with E-state index in [-0.39, 0.29) is 11.9 Å². The fourth-order valence-electron chi connectivity index (χ4n) is 3.24. The Kier molecular flexibility index (Phi) is 5.68. The van der Waals surface area contributed by atoms with Gasteiger partial charge in [0, 0.05) is 44.5 Å². The Morgan fingerprint density at radius 2 is 2.23 bits per heavy atom. The van der Waals surface area contributed by atoms with Crippen molar-refractivity contribution in [1.82, 2.24) is 15.1 Å². The highest BCUT2D eigenvalue weighted by atomic mass is 35.5. The summed E-state index contributed by atoms with van der Waals surface area (Å²) < 4.78 is 12.2. The predicted molar refractivity (Wildman–Crippen MR) is 100 cm³/mol. The lowest BCUT2D eigenvalue weighted by Crippen LogP contribution is -2.37.